The van der Waals surface area contributed by atoms with E-state index in [0.29, 0.717) is 11.1 Å². The summed E-state index contributed by atoms with van der Waals surface area (Å²) in [6, 6.07) is 30.3. The Bertz CT molecular complexity index is 1170. The predicted molar refractivity (Wildman–Crippen MR) is 119 cm³/mol. The lowest BCUT2D eigenvalue weighted by Crippen LogP contribution is -1.93. The van der Waals surface area contributed by atoms with Crippen molar-refractivity contribution in [3.63, 3.8) is 0 Å². The molecular formula is C24H17IO3. The Morgan fingerprint density at radius 2 is 1.00 bits per heavy atom. The molecule has 0 heterocycles. The average Bonchev–Trinajstić information content (AvgIpc) is 2.74. The first-order chi connectivity index (χ1) is 13.7. The van der Waals surface area contributed by atoms with Crippen LogP contribution in [0.25, 0.3) is 33.4 Å². The lowest BCUT2D eigenvalue weighted by atomic mass is 9.90. The predicted octanol–water partition coefficient (Wildman–Crippen LogP) is 6.76. The average molecular weight is 480 g/mol. The van der Waals surface area contributed by atoms with Crippen LogP contribution in [0.5, 0.6) is 5.75 Å². The summed E-state index contributed by atoms with van der Waals surface area (Å²) in [5, 5.41) is 11.1. The van der Waals surface area contributed by atoms with Crippen molar-refractivity contribution in [1.82, 2.24) is 0 Å². The smallest absolute Gasteiger partial charge is 0.345 e. The summed E-state index contributed by atoms with van der Waals surface area (Å²) in [5.74, 6) is -0.179. The first-order valence-electron chi connectivity index (χ1n) is 8.78. The van der Waals surface area contributed by atoms with Crippen LogP contribution in [-0.4, -0.2) is 5.11 Å². The molecule has 0 fully saturated rings. The fraction of sp³-hybridized carbons (Fsp3) is 0. The second-order valence-electron chi connectivity index (χ2n) is 6.32. The van der Waals surface area contributed by atoms with Gasteiger partial charge in [0.15, 0.2) is 0 Å². The molecule has 0 aliphatic carbocycles. The van der Waals surface area contributed by atoms with Crippen molar-refractivity contribution >= 4 is 19.8 Å². The number of hydrogen-bond acceptors (Lipinski definition) is 3. The van der Waals surface area contributed by atoms with Crippen LogP contribution in [0.2, 0.25) is 0 Å². The third-order valence-electron chi connectivity index (χ3n) is 4.63. The number of aromatic hydroxyl groups is 1. The number of phenolic OH excluding ortho intramolecular Hbond substituents is 1. The molecule has 1 N–H and O–H groups in total. The van der Waals surface area contributed by atoms with E-state index >= 15 is 0 Å². The van der Waals surface area contributed by atoms with E-state index in [9.17, 15) is 11.2 Å². The monoisotopic (exact) mass is 480 g/mol. The number of phenols is 1. The molecule has 0 atom stereocenters. The number of benzene rings is 4. The van der Waals surface area contributed by atoms with E-state index in [0.717, 1.165) is 22.3 Å². The first kappa shape index (κ1) is 18.4. The summed E-state index contributed by atoms with van der Waals surface area (Å²) in [5.41, 5.74) is 4.32. The molecule has 28 heavy (non-hydrogen) atoms. The largest absolute Gasteiger partial charge is 0.506 e. The van der Waals surface area contributed by atoms with Crippen LogP contribution in [0.1, 0.15) is 0 Å². The Morgan fingerprint density at radius 3 is 1.46 bits per heavy atom. The molecule has 0 spiro atoms. The van der Waals surface area contributed by atoms with E-state index in [1.165, 1.54) is 0 Å². The minimum atomic E-state index is -3.98. The topological polar surface area (TPSA) is 54.4 Å². The molecule has 0 unspecified atom stereocenters. The molecule has 4 aromatic carbocycles. The van der Waals surface area contributed by atoms with Gasteiger partial charge in [0.25, 0.3) is 0 Å². The third kappa shape index (κ3) is 3.43. The third-order valence-corrected chi connectivity index (χ3v) is 6.60. The first-order valence-corrected chi connectivity index (χ1v) is 11.6. The number of halogens is 1. The molecule has 3 nitrogen and oxygen atoms in total. The minimum Gasteiger partial charge on any atom is -0.506 e. The van der Waals surface area contributed by atoms with Gasteiger partial charge in [0, 0.05) is 11.1 Å². The fourth-order valence-electron chi connectivity index (χ4n) is 3.37. The molecule has 0 aliphatic rings. The van der Waals surface area contributed by atoms with Gasteiger partial charge in [-0.3, -0.25) is 0 Å². The van der Waals surface area contributed by atoms with Crippen LogP contribution in [0.15, 0.2) is 97.1 Å². The van der Waals surface area contributed by atoms with Gasteiger partial charge in [-0.15, -0.1) is 0 Å². The summed E-state index contributed by atoms with van der Waals surface area (Å²) in [6.45, 7) is 0. The quantitative estimate of drug-likeness (QED) is 0.329. The summed E-state index contributed by atoms with van der Waals surface area (Å²) in [4.78, 5) is 0. The Labute approximate surface area is 170 Å². The summed E-state index contributed by atoms with van der Waals surface area (Å²) < 4.78 is 24.5. The second-order valence-corrected chi connectivity index (χ2v) is 8.64. The van der Waals surface area contributed by atoms with Gasteiger partial charge in [0.1, 0.15) is 9.32 Å². The van der Waals surface area contributed by atoms with Gasteiger partial charge in [-0.1, -0.05) is 91.0 Å². The maximum absolute atomic E-state index is 12.2. The van der Waals surface area contributed by atoms with Crippen LogP contribution in [0.3, 0.4) is 0 Å². The molecule has 0 aliphatic heterocycles. The summed E-state index contributed by atoms with van der Waals surface area (Å²) >= 11 is -3.98. The van der Waals surface area contributed by atoms with Crippen molar-refractivity contribution in [3.8, 4) is 39.1 Å². The van der Waals surface area contributed by atoms with Crippen LogP contribution >= 0.6 is 19.8 Å². The molecule has 0 radical (unpaired) electrons. The van der Waals surface area contributed by atoms with Gasteiger partial charge in [-0.05, 0) is 28.3 Å². The molecule has 0 saturated carbocycles. The highest BCUT2D eigenvalue weighted by atomic mass is 127. The fourth-order valence-corrected chi connectivity index (χ4v) is 5.00. The molecule has 4 rings (SSSR count). The van der Waals surface area contributed by atoms with E-state index in [2.05, 4.69) is 0 Å². The van der Waals surface area contributed by atoms with Gasteiger partial charge in [0.05, 0.1) is 0 Å². The molecular weight excluding hydrogens is 463 g/mol. The zero-order valence-corrected chi connectivity index (χ0v) is 17.0. The van der Waals surface area contributed by atoms with Crippen molar-refractivity contribution in [2.75, 3.05) is 0 Å². The highest BCUT2D eigenvalue weighted by molar-refractivity contribution is 14.2. The zero-order valence-electron chi connectivity index (χ0n) is 14.9. The Hall–Kier alpha value is -2.99. The Morgan fingerprint density at radius 1 is 0.571 bits per heavy atom. The zero-order chi connectivity index (χ0) is 19.5. The number of hydrogen-bond donors (Lipinski definition) is 1. The molecule has 4 aromatic rings. The summed E-state index contributed by atoms with van der Waals surface area (Å²) in [6.07, 6.45) is 0. The molecule has 0 bridgehead atoms. The van der Waals surface area contributed by atoms with Gasteiger partial charge >= 0.3 is 19.8 Å². The second kappa shape index (κ2) is 7.94. The van der Waals surface area contributed by atoms with Gasteiger partial charge in [-0.2, -0.15) is 0 Å². The van der Waals surface area contributed by atoms with Crippen molar-refractivity contribution < 1.29 is 11.2 Å². The van der Waals surface area contributed by atoms with Gasteiger partial charge < -0.3 is 5.11 Å². The Kier molecular flexibility index (Phi) is 5.21. The molecule has 0 aromatic heterocycles. The molecule has 0 amide bonds. The van der Waals surface area contributed by atoms with Crippen molar-refractivity contribution in [1.29, 1.82) is 0 Å². The highest BCUT2D eigenvalue weighted by Gasteiger charge is 2.23. The van der Waals surface area contributed by atoms with Crippen LogP contribution < -0.4 is 0 Å². The standard InChI is InChI=1S/C24H17IO3/c26-24-22(19-14-8-3-9-15-19)20(17-10-4-1-5-11-17)16-21(23(24)25(27)28)18-12-6-2-7-13-18/h1-16,26H. The lowest BCUT2D eigenvalue weighted by Gasteiger charge is -2.17. The highest BCUT2D eigenvalue weighted by Crippen LogP contribution is 2.47. The van der Waals surface area contributed by atoms with Crippen LogP contribution in [0.4, 0.5) is 0 Å². The van der Waals surface area contributed by atoms with Gasteiger partial charge in [0.2, 0.25) is 0 Å². The maximum atomic E-state index is 12.2. The van der Waals surface area contributed by atoms with E-state index in [1.807, 2.05) is 97.1 Å². The van der Waals surface area contributed by atoms with Crippen LogP contribution in [-0.2, 0) is 6.14 Å². The molecule has 0 saturated heterocycles. The summed E-state index contributed by atoms with van der Waals surface area (Å²) in [7, 11) is 0. The van der Waals surface area contributed by atoms with Crippen LogP contribution in [0, 0.1) is 3.57 Å². The van der Waals surface area contributed by atoms with E-state index in [1.54, 1.807) is 0 Å². The number of rotatable bonds is 4. The molecule has 4 heteroatoms. The molecule has 138 valence electrons. The Balaban J connectivity index is 2.13. The minimum absolute atomic E-state index is 0.0361. The lowest BCUT2D eigenvalue weighted by molar-refractivity contribution is 0.473. The normalized spacial score (nSPS) is 10.9. The van der Waals surface area contributed by atoms with E-state index in [-0.39, 0.29) is 9.32 Å². The SMILES string of the molecule is O=I(=O)c1c(-c2ccccc2)cc(-c2ccccc2)c(-c2ccccc2)c1O. The van der Waals surface area contributed by atoms with Gasteiger partial charge in [-0.25, -0.2) is 6.14 Å². The van der Waals surface area contributed by atoms with E-state index < -0.39 is 19.8 Å². The van der Waals surface area contributed by atoms with Crippen molar-refractivity contribution in [2.24, 2.45) is 0 Å². The van der Waals surface area contributed by atoms with Crippen molar-refractivity contribution in [3.05, 3.63) is 101 Å². The maximum Gasteiger partial charge on any atom is 0.345 e. The van der Waals surface area contributed by atoms with E-state index in [4.69, 9.17) is 0 Å². The van der Waals surface area contributed by atoms with Crippen molar-refractivity contribution in [2.45, 2.75) is 0 Å².